The van der Waals surface area contributed by atoms with Crippen molar-refractivity contribution in [2.75, 3.05) is 13.7 Å². The second-order valence-corrected chi connectivity index (χ2v) is 5.91. The van der Waals surface area contributed by atoms with Gasteiger partial charge in [0.05, 0.1) is 19.3 Å². The molecule has 0 saturated carbocycles. The number of amides is 1. The lowest BCUT2D eigenvalue weighted by atomic mass is 10.0. The highest BCUT2D eigenvalue weighted by Crippen LogP contribution is 2.26. The van der Waals surface area contributed by atoms with E-state index in [1.807, 2.05) is 27.7 Å². The van der Waals surface area contributed by atoms with Crippen molar-refractivity contribution in [3.05, 3.63) is 35.4 Å². The molecule has 0 radical (unpaired) electrons. The van der Waals surface area contributed by atoms with Gasteiger partial charge in [0.15, 0.2) is 0 Å². The SMILES string of the molecule is CCOC(=O)/C=C/c1cccc(OC)c1C(=O)N(C(C)C)C(C)C. The second-order valence-electron chi connectivity index (χ2n) is 5.91. The third-order valence-electron chi connectivity index (χ3n) is 3.52. The summed E-state index contributed by atoms with van der Waals surface area (Å²) in [6.07, 6.45) is 2.91. The largest absolute Gasteiger partial charge is 0.496 e. The predicted octanol–water partition coefficient (Wildman–Crippen LogP) is 3.53. The van der Waals surface area contributed by atoms with E-state index in [1.54, 1.807) is 36.1 Å². The van der Waals surface area contributed by atoms with Crippen LogP contribution in [0.5, 0.6) is 5.75 Å². The van der Waals surface area contributed by atoms with Crippen LogP contribution >= 0.6 is 0 Å². The molecule has 0 fully saturated rings. The minimum absolute atomic E-state index is 0.0456. The third kappa shape index (κ3) is 4.85. The molecule has 5 nitrogen and oxygen atoms in total. The molecular formula is C19H27NO4. The van der Waals surface area contributed by atoms with Crippen LogP contribution in [0.25, 0.3) is 6.08 Å². The molecule has 0 N–H and O–H groups in total. The number of ether oxygens (including phenoxy) is 2. The lowest BCUT2D eigenvalue weighted by molar-refractivity contribution is -0.137. The van der Waals surface area contributed by atoms with Crippen LogP contribution in [0.3, 0.4) is 0 Å². The Morgan fingerprint density at radius 1 is 1.17 bits per heavy atom. The van der Waals surface area contributed by atoms with Crippen LogP contribution in [-0.2, 0) is 9.53 Å². The van der Waals surface area contributed by atoms with E-state index in [0.29, 0.717) is 23.5 Å². The molecule has 1 rings (SSSR count). The summed E-state index contributed by atoms with van der Waals surface area (Å²) in [6.45, 7) is 9.95. The Labute approximate surface area is 144 Å². The lowest BCUT2D eigenvalue weighted by Crippen LogP contribution is -2.42. The first-order chi connectivity index (χ1) is 11.3. The van der Waals surface area contributed by atoms with Crippen molar-refractivity contribution >= 4 is 18.0 Å². The van der Waals surface area contributed by atoms with E-state index in [0.717, 1.165) is 0 Å². The van der Waals surface area contributed by atoms with Crippen LogP contribution in [0.15, 0.2) is 24.3 Å². The number of esters is 1. The highest BCUT2D eigenvalue weighted by atomic mass is 16.5. The molecule has 24 heavy (non-hydrogen) atoms. The summed E-state index contributed by atoms with van der Waals surface area (Å²) in [6, 6.07) is 5.40. The standard InChI is InChI=1S/C19H27NO4/c1-7-24-17(21)12-11-15-9-8-10-16(23-6)18(15)19(22)20(13(2)3)14(4)5/h8-14H,7H2,1-6H3/b12-11+. The van der Waals surface area contributed by atoms with Gasteiger partial charge >= 0.3 is 5.97 Å². The van der Waals surface area contributed by atoms with Crippen LogP contribution in [0.2, 0.25) is 0 Å². The summed E-state index contributed by atoms with van der Waals surface area (Å²) in [5.74, 6) is -0.0819. The fourth-order valence-corrected chi connectivity index (χ4v) is 2.63. The van der Waals surface area contributed by atoms with Gasteiger partial charge in [0, 0.05) is 18.2 Å². The van der Waals surface area contributed by atoms with E-state index in [9.17, 15) is 9.59 Å². The topological polar surface area (TPSA) is 55.8 Å². The quantitative estimate of drug-likeness (QED) is 0.566. The van der Waals surface area contributed by atoms with Gasteiger partial charge in [-0.15, -0.1) is 0 Å². The monoisotopic (exact) mass is 333 g/mol. The summed E-state index contributed by atoms with van der Waals surface area (Å²) >= 11 is 0. The van der Waals surface area contributed by atoms with E-state index >= 15 is 0 Å². The summed E-state index contributed by atoms with van der Waals surface area (Å²) < 4.78 is 10.3. The van der Waals surface area contributed by atoms with Crippen molar-refractivity contribution in [2.45, 2.75) is 46.7 Å². The van der Waals surface area contributed by atoms with Gasteiger partial charge in [-0.05, 0) is 52.3 Å². The first-order valence-corrected chi connectivity index (χ1v) is 8.17. The van der Waals surface area contributed by atoms with Gasteiger partial charge in [-0.2, -0.15) is 0 Å². The molecule has 0 heterocycles. The van der Waals surface area contributed by atoms with Crippen LogP contribution in [0.1, 0.15) is 50.5 Å². The Morgan fingerprint density at radius 2 is 1.79 bits per heavy atom. The first kappa shape index (κ1) is 19.7. The van der Waals surface area contributed by atoms with Gasteiger partial charge in [0.2, 0.25) is 0 Å². The minimum Gasteiger partial charge on any atom is -0.496 e. The van der Waals surface area contributed by atoms with E-state index in [1.165, 1.54) is 13.2 Å². The smallest absolute Gasteiger partial charge is 0.330 e. The van der Waals surface area contributed by atoms with Crippen molar-refractivity contribution in [3.8, 4) is 5.75 Å². The fraction of sp³-hybridized carbons (Fsp3) is 0.474. The van der Waals surface area contributed by atoms with Crippen LogP contribution in [-0.4, -0.2) is 42.6 Å². The average molecular weight is 333 g/mol. The molecule has 0 aliphatic carbocycles. The molecule has 1 amide bonds. The molecule has 0 atom stereocenters. The number of hydrogen-bond donors (Lipinski definition) is 0. The van der Waals surface area contributed by atoms with Crippen molar-refractivity contribution in [1.82, 2.24) is 4.90 Å². The number of nitrogens with zero attached hydrogens (tertiary/aromatic N) is 1. The molecule has 0 unspecified atom stereocenters. The molecule has 1 aromatic carbocycles. The van der Waals surface area contributed by atoms with Crippen LogP contribution in [0, 0.1) is 0 Å². The zero-order valence-corrected chi connectivity index (χ0v) is 15.3. The number of hydrogen-bond acceptors (Lipinski definition) is 4. The van der Waals surface area contributed by atoms with Crippen molar-refractivity contribution in [2.24, 2.45) is 0 Å². The predicted molar refractivity (Wildman–Crippen MR) is 95.1 cm³/mol. The Balaban J connectivity index is 3.34. The first-order valence-electron chi connectivity index (χ1n) is 8.17. The molecule has 0 aromatic heterocycles. The molecule has 0 aliphatic rings. The Hall–Kier alpha value is -2.30. The number of benzene rings is 1. The normalized spacial score (nSPS) is 11.2. The Bertz CT molecular complexity index is 597. The number of carbonyl (C=O) groups is 2. The van der Waals surface area contributed by atoms with E-state index < -0.39 is 5.97 Å². The number of methoxy groups -OCH3 is 1. The lowest BCUT2D eigenvalue weighted by Gasteiger charge is -2.31. The Kier molecular flexibility index (Phi) is 7.49. The zero-order valence-electron chi connectivity index (χ0n) is 15.3. The third-order valence-corrected chi connectivity index (χ3v) is 3.52. The van der Waals surface area contributed by atoms with E-state index in [-0.39, 0.29) is 18.0 Å². The maximum absolute atomic E-state index is 13.1. The van der Waals surface area contributed by atoms with E-state index in [2.05, 4.69) is 0 Å². The number of rotatable bonds is 7. The maximum Gasteiger partial charge on any atom is 0.330 e. The van der Waals surface area contributed by atoms with Crippen molar-refractivity contribution < 1.29 is 19.1 Å². The van der Waals surface area contributed by atoms with Gasteiger partial charge in [0.25, 0.3) is 5.91 Å². The van der Waals surface area contributed by atoms with Gasteiger partial charge < -0.3 is 14.4 Å². The molecule has 0 bridgehead atoms. The molecule has 132 valence electrons. The summed E-state index contributed by atoms with van der Waals surface area (Å²) in [5, 5.41) is 0. The number of carbonyl (C=O) groups excluding carboxylic acids is 2. The maximum atomic E-state index is 13.1. The second kappa shape index (κ2) is 9.11. The zero-order chi connectivity index (χ0) is 18.3. The molecule has 0 saturated heterocycles. The van der Waals surface area contributed by atoms with Crippen molar-refractivity contribution in [3.63, 3.8) is 0 Å². The summed E-state index contributed by atoms with van der Waals surface area (Å²) in [7, 11) is 1.53. The minimum atomic E-state index is -0.441. The molecule has 0 aliphatic heterocycles. The van der Waals surface area contributed by atoms with Crippen LogP contribution in [0.4, 0.5) is 0 Å². The molecular weight excluding hydrogens is 306 g/mol. The summed E-state index contributed by atoms with van der Waals surface area (Å²) in [4.78, 5) is 26.5. The highest BCUT2D eigenvalue weighted by Gasteiger charge is 2.26. The molecule has 1 aromatic rings. The highest BCUT2D eigenvalue weighted by molar-refractivity contribution is 6.01. The summed E-state index contributed by atoms with van der Waals surface area (Å²) in [5.41, 5.74) is 1.07. The Morgan fingerprint density at radius 3 is 2.29 bits per heavy atom. The van der Waals surface area contributed by atoms with Crippen LogP contribution < -0.4 is 4.74 Å². The van der Waals surface area contributed by atoms with Gasteiger partial charge in [-0.25, -0.2) is 4.79 Å². The van der Waals surface area contributed by atoms with E-state index in [4.69, 9.17) is 9.47 Å². The molecule has 5 heteroatoms. The van der Waals surface area contributed by atoms with Gasteiger partial charge in [-0.3, -0.25) is 4.79 Å². The van der Waals surface area contributed by atoms with Crippen molar-refractivity contribution in [1.29, 1.82) is 0 Å². The van der Waals surface area contributed by atoms with Gasteiger partial charge in [0.1, 0.15) is 5.75 Å². The molecule has 0 spiro atoms. The van der Waals surface area contributed by atoms with Gasteiger partial charge in [-0.1, -0.05) is 12.1 Å². The average Bonchev–Trinajstić information content (AvgIpc) is 2.51. The fourth-order valence-electron chi connectivity index (χ4n) is 2.63.